The van der Waals surface area contributed by atoms with Crippen molar-refractivity contribution >= 4 is 18.2 Å². The standard InChI is InChI=1S/C12H22N2.ClH/c1-3-7-11(8-4-1)14-12-9-5-2-6-10-13-12;/h11H,1-10H2,(H,13,14);1H. The van der Waals surface area contributed by atoms with Crippen molar-refractivity contribution in [3.8, 4) is 0 Å². The number of rotatable bonds is 1. The molecule has 0 amide bonds. The van der Waals surface area contributed by atoms with Crippen molar-refractivity contribution in [3.63, 3.8) is 0 Å². The number of halogens is 1. The molecule has 2 aliphatic rings. The molecule has 0 radical (unpaired) electrons. The highest BCUT2D eigenvalue weighted by atomic mass is 35.5. The molecule has 3 heteroatoms. The van der Waals surface area contributed by atoms with Crippen LogP contribution < -0.4 is 5.32 Å². The fourth-order valence-electron chi connectivity index (χ4n) is 2.47. The van der Waals surface area contributed by atoms with Crippen LogP contribution in [0, 0.1) is 0 Å². The molecule has 1 aliphatic carbocycles. The largest absolute Gasteiger partial charge is 0.371 e. The fraction of sp³-hybridized carbons (Fsp3) is 0.917. The van der Waals surface area contributed by atoms with Gasteiger partial charge in [-0.05, 0) is 25.7 Å². The molecule has 0 aromatic carbocycles. The van der Waals surface area contributed by atoms with Gasteiger partial charge in [0.05, 0.1) is 5.84 Å². The van der Waals surface area contributed by atoms with Gasteiger partial charge in [0.2, 0.25) is 0 Å². The van der Waals surface area contributed by atoms with Gasteiger partial charge in [-0.2, -0.15) is 0 Å². The van der Waals surface area contributed by atoms with E-state index >= 15 is 0 Å². The normalized spacial score (nSPS) is 23.6. The van der Waals surface area contributed by atoms with Gasteiger partial charge in [-0.3, -0.25) is 4.99 Å². The number of nitrogens with one attached hydrogen (secondary N) is 1. The van der Waals surface area contributed by atoms with Crippen molar-refractivity contribution in [1.29, 1.82) is 0 Å². The molecule has 0 bridgehead atoms. The zero-order valence-corrected chi connectivity index (χ0v) is 10.3. The Morgan fingerprint density at radius 1 is 0.933 bits per heavy atom. The third kappa shape index (κ3) is 4.42. The van der Waals surface area contributed by atoms with Crippen LogP contribution in [0.3, 0.4) is 0 Å². The van der Waals surface area contributed by atoms with Crippen molar-refractivity contribution < 1.29 is 0 Å². The quantitative estimate of drug-likeness (QED) is 0.735. The van der Waals surface area contributed by atoms with Crippen LogP contribution in [0.4, 0.5) is 0 Å². The number of amidine groups is 1. The summed E-state index contributed by atoms with van der Waals surface area (Å²) in [5.74, 6) is 1.30. The highest BCUT2D eigenvalue weighted by Gasteiger charge is 2.14. The summed E-state index contributed by atoms with van der Waals surface area (Å²) >= 11 is 0. The Kier molecular flexibility index (Phi) is 6.07. The van der Waals surface area contributed by atoms with E-state index in [-0.39, 0.29) is 12.4 Å². The van der Waals surface area contributed by atoms with E-state index in [0.717, 1.165) is 12.6 Å². The van der Waals surface area contributed by atoms with Crippen molar-refractivity contribution in [2.45, 2.75) is 63.8 Å². The van der Waals surface area contributed by atoms with Gasteiger partial charge in [-0.1, -0.05) is 25.7 Å². The second-order valence-electron chi connectivity index (χ2n) is 4.62. The molecule has 88 valence electrons. The van der Waals surface area contributed by atoms with E-state index in [1.165, 1.54) is 63.6 Å². The molecule has 0 saturated heterocycles. The minimum absolute atomic E-state index is 0. The number of hydrogen-bond acceptors (Lipinski definition) is 2. The third-order valence-corrected chi connectivity index (χ3v) is 3.35. The van der Waals surface area contributed by atoms with E-state index in [2.05, 4.69) is 10.3 Å². The van der Waals surface area contributed by atoms with Gasteiger partial charge in [0.25, 0.3) is 0 Å². The minimum atomic E-state index is 0. The molecular formula is C12H23ClN2. The predicted molar refractivity (Wildman–Crippen MR) is 68.0 cm³/mol. The van der Waals surface area contributed by atoms with E-state index in [9.17, 15) is 0 Å². The molecular weight excluding hydrogens is 208 g/mol. The van der Waals surface area contributed by atoms with Crippen molar-refractivity contribution in [2.75, 3.05) is 6.54 Å². The monoisotopic (exact) mass is 230 g/mol. The van der Waals surface area contributed by atoms with E-state index < -0.39 is 0 Å². The first-order chi connectivity index (χ1) is 6.95. The van der Waals surface area contributed by atoms with Crippen LogP contribution in [0.2, 0.25) is 0 Å². The average molecular weight is 231 g/mol. The predicted octanol–water partition coefficient (Wildman–Crippen LogP) is 3.30. The smallest absolute Gasteiger partial charge is 0.0965 e. The molecule has 1 heterocycles. The second kappa shape index (κ2) is 7.10. The molecule has 2 rings (SSSR count). The second-order valence-corrected chi connectivity index (χ2v) is 4.62. The Morgan fingerprint density at radius 3 is 2.47 bits per heavy atom. The summed E-state index contributed by atoms with van der Waals surface area (Å²) in [6.45, 7) is 1.05. The third-order valence-electron chi connectivity index (χ3n) is 3.35. The molecule has 1 aliphatic heterocycles. The van der Waals surface area contributed by atoms with E-state index in [1.807, 2.05) is 0 Å². The van der Waals surface area contributed by atoms with Gasteiger partial charge < -0.3 is 5.32 Å². The number of nitrogens with zero attached hydrogens (tertiary/aromatic N) is 1. The maximum atomic E-state index is 4.62. The Bertz CT molecular complexity index is 198. The first-order valence-electron chi connectivity index (χ1n) is 6.25. The lowest BCUT2D eigenvalue weighted by atomic mass is 9.95. The zero-order valence-electron chi connectivity index (χ0n) is 9.50. The van der Waals surface area contributed by atoms with Gasteiger partial charge in [0, 0.05) is 19.0 Å². The lowest BCUT2D eigenvalue weighted by molar-refractivity contribution is 0.411. The van der Waals surface area contributed by atoms with Gasteiger partial charge in [0.1, 0.15) is 0 Å². The summed E-state index contributed by atoms with van der Waals surface area (Å²) in [4.78, 5) is 4.62. The van der Waals surface area contributed by atoms with Crippen molar-refractivity contribution in [1.82, 2.24) is 5.32 Å². The molecule has 0 spiro atoms. The molecule has 0 aromatic rings. The van der Waals surface area contributed by atoms with E-state index in [1.54, 1.807) is 0 Å². The van der Waals surface area contributed by atoms with Gasteiger partial charge in [-0.15, -0.1) is 12.4 Å². The van der Waals surface area contributed by atoms with Crippen LogP contribution in [-0.2, 0) is 0 Å². The van der Waals surface area contributed by atoms with Crippen molar-refractivity contribution in [2.24, 2.45) is 4.99 Å². The first kappa shape index (κ1) is 12.8. The summed E-state index contributed by atoms with van der Waals surface area (Å²) in [5, 5.41) is 3.65. The average Bonchev–Trinajstić information content (AvgIpc) is 2.48. The van der Waals surface area contributed by atoms with Crippen LogP contribution >= 0.6 is 12.4 Å². The highest BCUT2D eigenvalue weighted by molar-refractivity contribution is 5.85. The minimum Gasteiger partial charge on any atom is -0.371 e. The maximum Gasteiger partial charge on any atom is 0.0965 e. The number of hydrogen-bond donors (Lipinski definition) is 1. The van der Waals surface area contributed by atoms with Gasteiger partial charge in [0.15, 0.2) is 0 Å². The SMILES string of the molecule is C1CCN=C(NC2CCCCC2)CC1.Cl. The summed E-state index contributed by atoms with van der Waals surface area (Å²) in [6, 6.07) is 0.737. The summed E-state index contributed by atoms with van der Waals surface area (Å²) in [6.07, 6.45) is 12.1. The maximum absolute atomic E-state index is 4.62. The lowest BCUT2D eigenvalue weighted by Crippen LogP contribution is -2.36. The van der Waals surface area contributed by atoms with E-state index in [0.29, 0.717) is 0 Å². The van der Waals surface area contributed by atoms with Crippen LogP contribution in [0.15, 0.2) is 4.99 Å². The molecule has 1 saturated carbocycles. The molecule has 0 atom stereocenters. The van der Waals surface area contributed by atoms with E-state index in [4.69, 9.17) is 0 Å². The van der Waals surface area contributed by atoms with Crippen LogP contribution in [0.5, 0.6) is 0 Å². The van der Waals surface area contributed by atoms with Crippen LogP contribution in [0.25, 0.3) is 0 Å². The van der Waals surface area contributed by atoms with Gasteiger partial charge >= 0.3 is 0 Å². The number of aliphatic imine (C=N–C) groups is 1. The highest BCUT2D eigenvalue weighted by Crippen LogP contribution is 2.18. The summed E-state index contributed by atoms with van der Waals surface area (Å²) in [7, 11) is 0. The summed E-state index contributed by atoms with van der Waals surface area (Å²) in [5.41, 5.74) is 0. The Labute approximate surface area is 99.3 Å². The summed E-state index contributed by atoms with van der Waals surface area (Å²) < 4.78 is 0. The first-order valence-corrected chi connectivity index (χ1v) is 6.25. The van der Waals surface area contributed by atoms with Crippen LogP contribution in [0.1, 0.15) is 57.8 Å². The molecule has 15 heavy (non-hydrogen) atoms. The zero-order chi connectivity index (χ0) is 9.64. The Balaban J connectivity index is 0.00000112. The molecule has 2 nitrogen and oxygen atoms in total. The van der Waals surface area contributed by atoms with Crippen LogP contribution in [-0.4, -0.2) is 18.4 Å². The fourth-order valence-corrected chi connectivity index (χ4v) is 2.47. The molecule has 1 N–H and O–H groups in total. The Hall–Kier alpha value is -0.240. The molecule has 0 aromatic heterocycles. The van der Waals surface area contributed by atoms with Gasteiger partial charge in [-0.25, -0.2) is 0 Å². The topological polar surface area (TPSA) is 24.4 Å². The molecule has 1 fully saturated rings. The molecule has 0 unspecified atom stereocenters. The van der Waals surface area contributed by atoms with Crippen molar-refractivity contribution in [3.05, 3.63) is 0 Å². The Morgan fingerprint density at radius 2 is 1.67 bits per heavy atom. The lowest BCUT2D eigenvalue weighted by Gasteiger charge is -2.24.